The van der Waals surface area contributed by atoms with E-state index in [4.69, 9.17) is 10.8 Å². The maximum Gasteiger partial charge on any atom is 0.155 e. The number of aryl methyl sites for hydroxylation is 1. The molecule has 0 aromatic carbocycles. The van der Waals surface area contributed by atoms with Crippen LogP contribution in [0.5, 0.6) is 0 Å². The number of nitrogens with two attached hydrogens (primary N) is 1. The van der Waals surface area contributed by atoms with Crippen LogP contribution < -0.4 is 10.6 Å². The summed E-state index contributed by atoms with van der Waals surface area (Å²) in [6.45, 7) is 5.26. The van der Waals surface area contributed by atoms with Gasteiger partial charge in [-0.3, -0.25) is 0 Å². The zero-order valence-electron chi connectivity index (χ0n) is 10.9. The Labute approximate surface area is 103 Å². The Morgan fingerprint density at radius 2 is 1.88 bits per heavy atom. The highest BCUT2D eigenvalue weighted by Gasteiger charge is 2.15. The molecule has 1 heterocycles. The minimum absolute atomic E-state index is 0.0964. The monoisotopic (exact) mass is 238 g/mol. The van der Waals surface area contributed by atoms with Gasteiger partial charge in [0.05, 0.1) is 12.3 Å². The molecule has 0 aliphatic rings. The second kappa shape index (κ2) is 6.51. The standard InChI is InChI=1S/C12H22N4O/c1-4-9-10(8-13)12(16(3)6-7-17)15-14-11(9)5-2/h17H,4-8,13H2,1-3H3. The van der Waals surface area contributed by atoms with E-state index in [0.29, 0.717) is 13.1 Å². The van der Waals surface area contributed by atoms with E-state index in [2.05, 4.69) is 24.0 Å². The fourth-order valence-electron chi connectivity index (χ4n) is 2.02. The first-order valence-electron chi connectivity index (χ1n) is 6.08. The Bertz CT molecular complexity index is 368. The summed E-state index contributed by atoms with van der Waals surface area (Å²) in [7, 11) is 1.89. The average Bonchev–Trinajstić information content (AvgIpc) is 2.36. The molecule has 96 valence electrons. The molecule has 0 amide bonds. The predicted molar refractivity (Wildman–Crippen MR) is 69.0 cm³/mol. The highest BCUT2D eigenvalue weighted by molar-refractivity contribution is 5.50. The number of aromatic nitrogens is 2. The second-order valence-electron chi connectivity index (χ2n) is 3.98. The molecule has 0 atom stereocenters. The third-order valence-corrected chi connectivity index (χ3v) is 2.94. The van der Waals surface area contributed by atoms with Crippen LogP contribution in [0.2, 0.25) is 0 Å². The molecule has 0 bridgehead atoms. The molecule has 0 unspecified atom stereocenters. The van der Waals surface area contributed by atoms with Gasteiger partial charge in [-0.2, -0.15) is 5.10 Å². The average molecular weight is 238 g/mol. The number of hydrogen-bond donors (Lipinski definition) is 2. The zero-order chi connectivity index (χ0) is 12.8. The van der Waals surface area contributed by atoms with Crippen LogP contribution >= 0.6 is 0 Å². The van der Waals surface area contributed by atoms with Crippen molar-refractivity contribution in [1.82, 2.24) is 10.2 Å². The first-order valence-corrected chi connectivity index (χ1v) is 6.08. The molecule has 0 aliphatic carbocycles. The molecule has 5 heteroatoms. The molecular formula is C12H22N4O. The summed E-state index contributed by atoms with van der Waals surface area (Å²) in [5.74, 6) is 0.788. The van der Waals surface area contributed by atoms with Crippen LogP contribution in [0, 0.1) is 0 Å². The van der Waals surface area contributed by atoms with Crippen LogP contribution in [0.3, 0.4) is 0 Å². The van der Waals surface area contributed by atoms with E-state index in [1.807, 2.05) is 11.9 Å². The summed E-state index contributed by atoms with van der Waals surface area (Å²) < 4.78 is 0. The van der Waals surface area contributed by atoms with Crippen LogP contribution in [0.1, 0.15) is 30.7 Å². The van der Waals surface area contributed by atoms with Crippen molar-refractivity contribution in [3.05, 3.63) is 16.8 Å². The zero-order valence-corrected chi connectivity index (χ0v) is 10.9. The lowest BCUT2D eigenvalue weighted by Gasteiger charge is -2.22. The Morgan fingerprint density at radius 1 is 1.18 bits per heavy atom. The summed E-state index contributed by atoms with van der Waals surface area (Å²) in [6.07, 6.45) is 1.78. The summed E-state index contributed by atoms with van der Waals surface area (Å²) in [5.41, 5.74) is 9.10. The lowest BCUT2D eigenvalue weighted by Crippen LogP contribution is -2.26. The molecule has 1 aromatic rings. The number of aliphatic hydroxyl groups excluding tert-OH is 1. The minimum atomic E-state index is 0.0964. The van der Waals surface area contributed by atoms with E-state index < -0.39 is 0 Å². The molecule has 5 nitrogen and oxygen atoms in total. The van der Waals surface area contributed by atoms with Crippen LogP contribution in [-0.4, -0.2) is 35.5 Å². The minimum Gasteiger partial charge on any atom is -0.395 e. The lowest BCUT2D eigenvalue weighted by atomic mass is 10.0. The molecule has 0 spiro atoms. The highest BCUT2D eigenvalue weighted by atomic mass is 16.3. The van der Waals surface area contributed by atoms with Crippen LogP contribution in [0.15, 0.2) is 0 Å². The maximum atomic E-state index is 8.97. The van der Waals surface area contributed by atoms with E-state index >= 15 is 0 Å². The molecule has 3 N–H and O–H groups in total. The number of aliphatic hydroxyl groups is 1. The van der Waals surface area contributed by atoms with Crippen molar-refractivity contribution < 1.29 is 5.11 Å². The first-order chi connectivity index (χ1) is 8.19. The summed E-state index contributed by atoms with van der Waals surface area (Å²) in [4.78, 5) is 1.90. The van der Waals surface area contributed by atoms with Crippen molar-refractivity contribution in [3.63, 3.8) is 0 Å². The Kier molecular flexibility index (Phi) is 5.31. The molecule has 1 aromatic heterocycles. The smallest absolute Gasteiger partial charge is 0.155 e. The SMILES string of the molecule is CCc1nnc(N(C)CCO)c(CN)c1CC. The quantitative estimate of drug-likeness (QED) is 0.754. The Balaban J connectivity index is 3.22. The normalized spacial score (nSPS) is 10.6. The maximum absolute atomic E-state index is 8.97. The van der Waals surface area contributed by atoms with Gasteiger partial charge in [0.15, 0.2) is 5.82 Å². The molecule has 17 heavy (non-hydrogen) atoms. The molecule has 0 fully saturated rings. The third kappa shape index (κ3) is 2.92. The predicted octanol–water partition coefficient (Wildman–Crippen LogP) is 0.489. The van der Waals surface area contributed by atoms with Gasteiger partial charge in [-0.1, -0.05) is 13.8 Å². The number of rotatable bonds is 6. The molecule has 0 saturated carbocycles. The van der Waals surface area contributed by atoms with Gasteiger partial charge in [0.2, 0.25) is 0 Å². The van der Waals surface area contributed by atoms with Gasteiger partial charge in [0.25, 0.3) is 0 Å². The summed E-state index contributed by atoms with van der Waals surface area (Å²) >= 11 is 0. The van der Waals surface area contributed by atoms with Crippen molar-refractivity contribution in [1.29, 1.82) is 0 Å². The topological polar surface area (TPSA) is 75.3 Å². The van der Waals surface area contributed by atoms with Crippen LogP contribution in [0.25, 0.3) is 0 Å². The van der Waals surface area contributed by atoms with E-state index in [0.717, 1.165) is 29.9 Å². The summed E-state index contributed by atoms with van der Waals surface area (Å²) in [5, 5.41) is 17.5. The van der Waals surface area contributed by atoms with E-state index in [1.54, 1.807) is 0 Å². The molecule has 0 radical (unpaired) electrons. The Morgan fingerprint density at radius 3 is 2.35 bits per heavy atom. The van der Waals surface area contributed by atoms with E-state index in [9.17, 15) is 0 Å². The molecule has 0 saturated heterocycles. The van der Waals surface area contributed by atoms with Gasteiger partial charge >= 0.3 is 0 Å². The van der Waals surface area contributed by atoms with Crippen molar-refractivity contribution in [2.24, 2.45) is 5.73 Å². The largest absolute Gasteiger partial charge is 0.395 e. The van der Waals surface area contributed by atoms with Gasteiger partial charge in [0, 0.05) is 25.7 Å². The van der Waals surface area contributed by atoms with E-state index in [1.165, 1.54) is 5.56 Å². The fourth-order valence-corrected chi connectivity index (χ4v) is 2.02. The van der Waals surface area contributed by atoms with Gasteiger partial charge < -0.3 is 15.7 Å². The van der Waals surface area contributed by atoms with Gasteiger partial charge in [-0.05, 0) is 18.4 Å². The third-order valence-electron chi connectivity index (χ3n) is 2.94. The highest BCUT2D eigenvalue weighted by Crippen LogP contribution is 2.22. The number of hydrogen-bond acceptors (Lipinski definition) is 5. The van der Waals surface area contributed by atoms with Gasteiger partial charge in [0.1, 0.15) is 0 Å². The van der Waals surface area contributed by atoms with Crippen molar-refractivity contribution in [3.8, 4) is 0 Å². The van der Waals surface area contributed by atoms with Crippen molar-refractivity contribution >= 4 is 5.82 Å². The number of nitrogens with zero attached hydrogens (tertiary/aromatic N) is 3. The number of likely N-dealkylation sites (N-methyl/N-ethyl adjacent to an activating group) is 1. The Hall–Kier alpha value is -1.20. The fraction of sp³-hybridized carbons (Fsp3) is 0.667. The number of anilines is 1. The summed E-state index contributed by atoms with van der Waals surface area (Å²) in [6, 6.07) is 0. The lowest BCUT2D eigenvalue weighted by molar-refractivity contribution is 0.303. The van der Waals surface area contributed by atoms with Crippen molar-refractivity contribution in [2.75, 3.05) is 25.1 Å². The van der Waals surface area contributed by atoms with Crippen molar-refractivity contribution in [2.45, 2.75) is 33.2 Å². The van der Waals surface area contributed by atoms with Gasteiger partial charge in [-0.25, -0.2) is 0 Å². The molecule has 1 rings (SSSR count). The van der Waals surface area contributed by atoms with Gasteiger partial charge in [-0.15, -0.1) is 5.10 Å². The second-order valence-corrected chi connectivity index (χ2v) is 3.98. The first kappa shape index (κ1) is 13.9. The molecule has 0 aliphatic heterocycles. The van der Waals surface area contributed by atoms with Crippen LogP contribution in [-0.2, 0) is 19.4 Å². The van der Waals surface area contributed by atoms with Crippen LogP contribution in [0.4, 0.5) is 5.82 Å². The molecular weight excluding hydrogens is 216 g/mol. The van der Waals surface area contributed by atoms with E-state index in [-0.39, 0.29) is 6.61 Å².